The van der Waals surface area contributed by atoms with Crippen LogP contribution in [0.25, 0.3) is 0 Å². The van der Waals surface area contributed by atoms with Gasteiger partial charge in [0.2, 0.25) is 0 Å². The van der Waals surface area contributed by atoms with Gasteiger partial charge in [0.1, 0.15) is 0 Å². The van der Waals surface area contributed by atoms with Crippen LogP contribution < -0.4 is 11.2 Å². The number of aryl methyl sites for hydroxylation is 1. The zero-order valence-electron chi connectivity index (χ0n) is 11.4. The molecule has 108 valence electrons. The number of H-pyrrole nitrogens is 1. The average Bonchev–Trinajstić information content (AvgIpc) is 2.83. The van der Waals surface area contributed by atoms with E-state index < -0.39 is 5.69 Å². The summed E-state index contributed by atoms with van der Waals surface area (Å²) < 4.78 is 1.52. The molecule has 2 rings (SSSR count). The minimum atomic E-state index is -0.426. The highest BCUT2D eigenvalue weighted by molar-refractivity contribution is 5.03. The van der Waals surface area contributed by atoms with Crippen molar-refractivity contribution >= 4 is 0 Å². The normalized spacial score (nSPS) is 22.9. The summed E-state index contributed by atoms with van der Waals surface area (Å²) in [6.07, 6.45) is 2.59. The molecular formula is C13H18N4O3. The van der Waals surface area contributed by atoms with Crippen LogP contribution in [0.4, 0.5) is 0 Å². The van der Waals surface area contributed by atoms with E-state index in [0.29, 0.717) is 31.5 Å². The summed E-state index contributed by atoms with van der Waals surface area (Å²) in [5.41, 5.74) is -0.311. The number of hydrogen-bond acceptors (Lipinski definition) is 5. The van der Waals surface area contributed by atoms with Crippen molar-refractivity contribution in [2.75, 3.05) is 19.7 Å². The van der Waals surface area contributed by atoms with Gasteiger partial charge in [-0.2, -0.15) is 5.26 Å². The third-order valence-electron chi connectivity index (χ3n) is 3.77. The Morgan fingerprint density at radius 3 is 2.95 bits per heavy atom. The van der Waals surface area contributed by atoms with Crippen LogP contribution in [-0.2, 0) is 0 Å². The zero-order valence-corrected chi connectivity index (χ0v) is 11.4. The first-order valence-corrected chi connectivity index (χ1v) is 6.60. The lowest BCUT2D eigenvalue weighted by Gasteiger charge is -2.20. The third-order valence-corrected chi connectivity index (χ3v) is 3.77. The van der Waals surface area contributed by atoms with E-state index in [1.54, 1.807) is 13.1 Å². The van der Waals surface area contributed by atoms with Crippen LogP contribution in [0.3, 0.4) is 0 Å². The Morgan fingerprint density at radius 1 is 1.55 bits per heavy atom. The minimum Gasteiger partial charge on any atom is -0.395 e. The number of nitrogens with one attached hydrogen (secondary N) is 1. The molecule has 0 aromatic carbocycles. The lowest BCUT2D eigenvalue weighted by Crippen LogP contribution is -2.35. The molecule has 1 aliphatic rings. The van der Waals surface area contributed by atoms with E-state index in [0.717, 1.165) is 0 Å². The SMILES string of the molecule is Cc1cn([C@@H]2C[C@H](CO)N(CCC#N)C2)c(=O)[nH]c1=O. The summed E-state index contributed by atoms with van der Waals surface area (Å²) in [5.74, 6) is 0. The maximum Gasteiger partial charge on any atom is 0.328 e. The van der Waals surface area contributed by atoms with Crippen molar-refractivity contribution in [3.63, 3.8) is 0 Å². The van der Waals surface area contributed by atoms with Crippen LogP contribution >= 0.6 is 0 Å². The number of rotatable bonds is 4. The molecule has 0 saturated carbocycles. The number of likely N-dealkylation sites (tertiary alicyclic amines) is 1. The van der Waals surface area contributed by atoms with Crippen LogP contribution in [0.1, 0.15) is 24.4 Å². The average molecular weight is 278 g/mol. The largest absolute Gasteiger partial charge is 0.395 e. The number of nitriles is 1. The molecule has 1 aliphatic heterocycles. The van der Waals surface area contributed by atoms with Crippen LogP contribution in [-0.4, -0.2) is 45.3 Å². The monoisotopic (exact) mass is 278 g/mol. The summed E-state index contributed by atoms with van der Waals surface area (Å²) in [4.78, 5) is 27.6. The fourth-order valence-electron chi connectivity index (χ4n) is 2.67. The predicted octanol–water partition coefficient (Wildman–Crippen LogP) is -0.634. The van der Waals surface area contributed by atoms with Crippen LogP contribution in [0, 0.1) is 18.3 Å². The maximum absolute atomic E-state index is 11.9. The van der Waals surface area contributed by atoms with Gasteiger partial charge in [-0.25, -0.2) is 4.79 Å². The minimum absolute atomic E-state index is 0.000978. The fraction of sp³-hybridized carbons (Fsp3) is 0.615. The molecule has 1 fully saturated rings. The van der Waals surface area contributed by atoms with Gasteiger partial charge in [0.05, 0.1) is 18.7 Å². The van der Waals surface area contributed by atoms with E-state index in [-0.39, 0.29) is 24.2 Å². The molecule has 1 saturated heterocycles. The van der Waals surface area contributed by atoms with Crippen molar-refractivity contribution in [1.82, 2.24) is 14.5 Å². The highest BCUT2D eigenvalue weighted by atomic mass is 16.3. The molecule has 2 N–H and O–H groups in total. The Bertz CT molecular complexity index is 628. The maximum atomic E-state index is 11.9. The standard InChI is InChI=1S/C13H18N4O3/c1-9-6-17(13(20)15-12(9)19)10-5-11(8-18)16(7-10)4-2-3-14/h6,10-11,18H,2,4-5,7-8H2,1H3,(H,15,19,20)/t10-,11-/m1/s1. The Hall–Kier alpha value is -1.91. The van der Waals surface area contributed by atoms with Gasteiger partial charge in [0.25, 0.3) is 5.56 Å². The second kappa shape index (κ2) is 6.03. The van der Waals surface area contributed by atoms with Gasteiger partial charge in [-0.1, -0.05) is 0 Å². The first-order valence-electron chi connectivity index (χ1n) is 6.60. The van der Waals surface area contributed by atoms with Crippen molar-refractivity contribution in [3.8, 4) is 6.07 Å². The molecule has 20 heavy (non-hydrogen) atoms. The molecule has 0 unspecified atom stereocenters. The van der Waals surface area contributed by atoms with E-state index in [4.69, 9.17) is 5.26 Å². The summed E-state index contributed by atoms with van der Waals surface area (Å²) in [6.45, 7) is 2.83. The van der Waals surface area contributed by atoms with Crippen molar-refractivity contribution in [1.29, 1.82) is 5.26 Å². The number of aromatic amines is 1. The van der Waals surface area contributed by atoms with Gasteiger partial charge < -0.3 is 5.11 Å². The van der Waals surface area contributed by atoms with Gasteiger partial charge in [0, 0.05) is 37.3 Å². The Labute approximate surface area is 116 Å². The summed E-state index contributed by atoms with van der Waals surface area (Å²) in [6, 6.07) is 1.94. The molecule has 1 aromatic rings. The molecule has 2 heterocycles. The van der Waals surface area contributed by atoms with Crippen LogP contribution in [0.2, 0.25) is 0 Å². The molecule has 0 bridgehead atoms. The van der Waals surface area contributed by atoms with E-state index >= 15 is 0 Å². The van der Waals surface area contributed by atoms with Crippen molar-refractivity contribution in [2.45, 2.75) is 31.8 Å². The topological polar surface area (TPSA) is 102 Å². The van der Waals surface area contributed by atoms with E-state index in [2.05, 4.69) is 11.1 Å². The first-order chi connectivity index (χ1) is 9.56. The number of hydrogen-bond donors (Lipinski definition) is 2. The molecule has 0 radical (unpaired) electrons. The van der Waals surface area contributed by atoms with E-state index in [1.165, 1.54) is 4.57 Å². The summed E-state index contributed by atoms with van der Waals surface area (Å²) in [5, 5.41) is 18.0. The number of aliphatic hydroxyl groups is 1. The molecule has 7 nitrogen and oxygen atoms in total. The highest BCUT2D eigenvalue weighted by Crippen LogP contribution is 2.26. The van der Waals surface area contributed by atoms with Gasteiger partial charge in [-0.05, 0) is 13.3 Å². The highest BCUT2D eigenvalue weighted by Gasteiger charge is 2.32. The lowest BCUT2D eigenvalue weighted by molar-refractivity contribution is 0.161. The van der Waals surface area contributed by atoms with Crippen molar-refractivity contribution in [2.24, 2.45) is 0 Å². The van der Waals surface area contributed by atoms with Crippen LogP contribution in [0.5, 0.6) is 0 Å². The summed E-state index contributed by atoms with van der Waals surface area (Å²) in [7, 11) is 0. The number of aromatic nitrogens is 2. The number of nitrogens with zero attached hydrogens (tertiary/aromatic N) is 3. The van der Waals surface area contributed by atoms with Gasteiger partial charge in [-0.3, -0.25) is 19.2 Å². The Kier molecular flexibility index (Phi) is 4.37. The molecule has 0 amide bonds. The van der Waals surface area contributed by atoms with E-state index in [9.17, 15) is 14.7 Å². The van der Waals surface area contributed by atoms with Gasteiger partial charge in [0.15, 0.2) is 0 Å². The first kappa shape index (κ1) is 14.5. The fourth-order valence-corrected chi connectivity index (χ4v) is 2.67. The van der Waals surface area contributed by atoms with E-state index in [1.807, 2.05) is 4.90 Å². The van der Waals surface area contributed by atoms with Gasteiger partial charge >= 0.3 is 5.69 Å². The van der Waals surface area contributed by atoms with Crippen molar-refractivity contribution < 1.29 is 5.11 Å². The molecule has 0 aliphatic carbocycles. The second-order valence-corrected chi connectivity index (χ2v) is 5.11. The summed E-state index contributed by atoms with van der Waals surface area (Å²) >= 11 is 0. The number of aliphatic hydroxyl groups excluding tert-OH is 1. The third kappa shape index (κ3) is 2.81. The molecular weight excluding hydrogens is 260 g/mol. The second-order valence-electron chi connectivity index (χ2n) is 5.11. The predicted molar refractivity (Wildman–Crippen MR) is 72.4 cm³/mol. The Morgan fingerprint density at radius 2 is 2.30 bits per heavy atom. The van der Waals surface area contributed by atoms with Gasteiger partial charge in [-0.15, -0.1) is 0 Å². The lowest BCUT2D eigenvalue weighted by atomic mass is 10.1. The molecule has 7 heteroatoms. The molecule has 1 aromatic heterocycles. The quantitative estimate of drug-likeness (QED) is 0.763. The Balaban J connectivity index is 2.23. The van der Waals surface area contributed by atoms with Crippen molar-refractivity contribution in [3.05, 3.63) is 32.6 Å². The zero-order chi connectivity index (χ0) is 14.7. The molecule has 2 atom stereocenters. The molecule has 0 spiro atoms. The smallest absolute Gasteiger partial charge is 0.328 e. The van der Waals surface area contributed by atoms with Crippen LogP contribution in [0.15, 0.2) is 15.8 Å².